The molecule has 3 rings (SSSR count). The highest BCUT2D eigenvalue weighted by Crippen LogP contribution is 2.34. The van der Waals surface area contributed by atoms with Crippen LogP contribution < -0.4 is 0 Å². The van der Waals surface area contributed by atoms with Gasteiger partial charge in [-0.2, -0.15) is 5.10 Å². The van der Waals surface area contributed by atoms with Crippen molar-refractivity contribution >= 4 is 0 Å². The van der Waals surface area contributed by atoms with Gasteiger partial charge in [-0.1, -0.05) is 6.07 Å². The van der Waals surface area contributed by atoms with Gasteiger partial charge in [-0.15, -0.1) is 0 Å². The predicted octanol–water partition coefficient (Wildman–Crippen LogP) is 2.81. The van der Waals surface area contributed by atoms with Crippen LogP contribution in [0.2, 0.25) is 0 Å². The van der Waals surface area contributed by atoms with Gasteiger partial charge in [0.15, 0.2) is 0 Å². The largest absolute Gasteiger partial charge is 0.396 e. The van der Waals surface area contributed by atoms with E-state index < -0.39 is 17.0 Å². The molecule has 24 heavy (non-hydrogen) atoms. The average Bonchev–Trinajstić information content (AvgIpc) is 2.95. The molecule has 1 fully saturated rings. The Kier molecular flexibility index (Phi) is 4.96. The van der Waals surface area contributed by atoms with Gasteiger partial charge in [-0.25, -0.2) is 8.78 Å². The van der Waals surface area contributed by atoms with Crippen molar-refractivity contribution in [3.8, 4) is 0 Å². The third-order valence-corrected chi connectivity index (χ3v) is 4.80. The van der Waals surface area contributed by atoms with Crippen molar-refractivity contribution in [2.45, 2.75) is 32.7 Å². The van der Waals surface area contributed by atoms with Crippen LogP contribution in [-0.2, 0) is 13.0 Å². The summed E-state index contributed by atoms with van der Waals surface area (Å²) in [4.78, 5) is 2.25. The summed E-state index contributed by atoms with van der Waals surface area (Å²) in [5, 5.41) is 17.2. The van der Waals surface area contributed by atoms with Gasteiger partial charge in [0, 0.05) is 30.3 Å². The van der Waals surface area contributed by atoms with E-state index in [0.29, 0.717) is 25.1 Å². The van der Waals surface area contributed by atoms with Crippen molar-refractivity contribution in [3.05, 3.63) is 52.9 Å². The predicted molar refractivity (Wildman–Crippen MR) is 87.4 cm³/mol. The molecule has 2 aromatic rings. The summed E-state index contributed by atoms with van der Waals surface area (Å²) in [6.07, 6.45) is 2.18. The van der Waals surface area contributed by atoms with E-state index in [1.54, 1.807) is 0 Å². The molecule has 1 saturated heterocycles. The molecular weight excluding hydrogens is 312 g/mol. The molecule has 2 heterocycles. The summed E-state index contributed by atoms with van der Waals surface area (Å²) in [5.41, 5.74) is 2.04. The standard InChI is InChI=1S/C18H23F2N3O/c1-13-7-16(22-21-13)10-23-6-2-5-18(11-23,12-24)9-14-3-4-15(19)8-17(14)20/h3-4,7-8,24H,2,5-6,9-12H2,1H3,(H,21,22)/t18-/m1/s1. The van der Waals surface area contributed by atoms with Crippen molar-refractivity contribution in [3.63, 3.8) is 0 Å². The second-order valence-electron chi connectivity index (χ2n) is 6.93. The van der Waals surface area contributed by atoms with Crippen LogP contribution in [0.1, 0.15) is 29.8 Å². The first-order valence-electron chi connectivity index (χ1n) is 8.28. The van der Waals surface area contributed by atoms with Gasteiger partial charge >= 0.3 is 0 Å². The zero-order chi connectivity index (χ0) is 17.2. The summed E-state index contributed by atoms with van der Waals surface area (Å²) in [7, 11) is 0. The van der Waals surface area contributed by atoms with Crippen LogP contribution in [0.4, 0.5) is 8.78 Å². The number of rotatable bonds is 5. The Morgan fingerprint density at radius 2 is 2.17 bits per heavy atom. The van der Waals surface area contributed by atoms with Gasteiger partial charge in [-0.3, -0.25) is 10.00 Å². The molecule has 0 unspecified atom stereocenters. The molecule has 2 N–H and O–H groups in total. The van der Waals surface area contributed by atoms with Crippen molar-refractivity contribution < 1.29 is 13.9 Å². The van der Waals surface area contributed by atoms with Crippen LogP contribution in [0.5, 0.6) is 0 Å². The van der Waals surface area contributed by atoms with Crippen LogP contribution in [0.25, 0.3) is 0 Å². The summed E-state index contributed by atoms with van der Waals surface area (Å²) in [5.74, 6) is -1.11. The van der Waals surface area contributed by atoms with Gasteiger partial charge in [0.05, 0.1) is 12.3 Å². The number of aliphatic hydroxyl groups excluding tert-OH is 1. The molecule has 0 amide bonds. The maximum Gasteiger partial charge on any atom is 0.129 e. The molecular formula is C18H23F2N3O. The quantitative estimate of drug-likeness (QED) is 0.883. The van der Waals surface area contributed by atoms with Crippen LogP contribution in [0.15, 0.2) is 24.3 Å². The summed E-state index contributed by atoms with van der Waals surface area (Å²) >= 11 is 0. The number of piperidine rings is 1. The number of likely N-dealkylation sites (tertiary alicyclic amines) is 1. The number of nitrogens with zero attached hydrogens (tertiary/aromatic N) is 2. The number of H-pyrrole nitrogens is 1. The van der Waals surface area contributed by atoms with Gasteiger partial charge in [-0.05, 0) is 50.4 Å². The second kappa shape index (κ2) is 6.99. The highest BCUT2D eigenvalue weighted by Gasteiger charge is 2.36. The number of hydrogen-bond donors (Lipinski definition) is 2. The van der Waals surface area contributed by atoms with E-state index in [1.165, 1.54) is 12.1 Å². The van der Waals surface area contributed by atoms with Crippen molar-refractivity contribution in [1.82, 2.24) is 15.1 Å². The Hall–Kier alpha value is -1.79. The molecule has 1 aliphatic rings. The highest BCUT2D eigenvalue weighted by atomic mass is 19.1. The Bertz CT molecular complexity index is 703. The third kappa shape index (κ3) is 3.82. The number of halogens is 2. The number of aliphatic hydroxyl groups is 1. The van der Waals surface area contributed by atoms with Crippen LogP contribution >= 0.6 is 0 Å². The normalized spacial score (nSPS) is 22.0. The zero-order valence-electron chi connectivity index (χ0n) is 13.9. The van der Waals surface area contributed by atoms with E-state index in [-0.39, 0.29) is 6.61 Å². The number of aromatic amines is 1. The van der Waals surface area contributed by atoms with E-state index in [1.807, 2.05) is 13.0 Å². The number of hydrogen-bond acceptors (Lipinski definition) is 3. The molecule has 0 radical (unpaired) electrons. The smallest absolute Gasteiger partial charge is 0.129 e. The fraction of sp³-hybridized carbons (Fsp3) is 0.500. The number of aromatic nitrogens is 2. The van der Waals surface area contributed by atoms with Gasteiger partial charge in [0.1, 0.15) is 11.6 Å². The average molecular weight is 335 g/mol. The molecule has 4 nitrogen and oxygen atoms in total. The maximum absolute atomic E-state index is 14.0. The molecule has 6 heteroatoms. The molecule has 1 atom stereocenters. The summed E-state index contributed by atoms with van der Waals surface area (Å²) in [6.45, 7) is 4.26. The summed E-state index contributed by atoms with van der Waals surface area (Å²) in [6, 6.07) is 5.68. The van der Waals surface area contributed by atoms with Gasteiger partial charge < -0.3 is 5.11 Å². The van der Waals surface area contributed by atoms with Crippen molar-refractivity contribution in [2.75, 3.05) is 19.7 Å². The first-order valence-corrected chi connectivity index (χ1v) is 8.28. The van der Waals surface area contributed by atoms with Crippen molar-refractivity contribution in [1.29, 1.82) is 0 Å². The van der Waals surface area contributed by atoms with E-state index in [4.69, 9.17) is 0 Å². The monoisotopic (exact) mass is 335 g/mol. The topological polar surface area (TPSA) is 52.1 Å². The third-order valence-electron chi connectivity index (χ3n) is 4.80. The van der Waals surface area contributed by atoms with Gasteiger partial charge in [0.25, 0.3) is 0 Å². The lowest BCUT2D eigenvalue weighted by molar-refractivity contribution is 0.0277. The van der Waals surface area contributed by atoms with Crippen LogP contribution in [0.3, 0.4) is 0 Å². The Morgan fingerprint density at radius 3 is 2.83 bits per heavy atom. The molecule has 1 aromatic heterocycles. The molecule has 1 aromatic carbocycles. The minimum atomic E-state index is -0.575. The fourth-order valence-corrected chi connectivity index (χ4v) is 3.63. The molecule has 0 saturated carbocycles. The van der Waals surface area contributed by atoms with E-state index in [0.717, 1.165) is 36.8 Å². The minimum absolute atomic E-state index is 0.0140. The Morgan fingerprint density at radius 1 is 1.33 bits per heavy atom. The second-order valence-corrected chi connectivity index (χ2v) is 6.93. The SMILES string of the molecule is Cc1cc(CN2CCC[C@@](CO)(Cc3ccc(F)cc3F)C2)n[nH]1. The molecule has 0 bridgehead atoms. The van der Waals surface area contributed by atoms with E-state index in [2.05, 4.69) is 15.1 Å². The lowest BCUT2D eigenvalue weighted by Crippen LogP contribution is -2.46. The Labute approximate surface area is 140 Å². The lowest BCUT2D eigenvalue weighted by atomic mass is 9.75. The maximum atomic E-state index is 14.0. The van der Waals surface area contributed by atoms with Gasteiger partial charge in [0.2, 0.25) is 0 Å². The summed E-state index contributed by atoms with van der Waals surface area (Å²) < 4.78 is 27.1. The van der Waals surface area contributed by atoms with Crippen LogP contribution in [-0.4, -0.2) is 39.9 Å². The number of benzene rings is 1. The zero-order valence-corrected chi connectivity index (χ0v) is 13.9. The number of aryl methyl sites for hydroxylation is 1. The molecule has 0 spiro atoms. The van der Waals surface area contributed by atoms with Crippen LogP contribution in [0, 0.1) is 24.0 Å². The first-order chi connectivity index (χ1) is 11.5. The lowest BCUT2D eigenvalue weighted by Gasteiger charge is -2.42. The molecule has 1 aliphatic heterocycles. The Balaban J connectivity index is 1.73. The minimum Gasteiger partial charge on any atom is -0.396 e. The molecule has 0 aliphatic carbocycles. The highest BCUT2D eigenvalue weighted by molar-refractivity contribution is 5.20. The van der Waals surface area contributed by atoms with E-state index in [9.17, 15) is 13.9 Å². The molecule has 130 valence electrons. The number of nitrogens with one attached hydrogen (secondary N) is 1. The first kappa shape index (κ1) is 17.0. The van der Waals surface area contributed by atoms with E-state index >= 15 is 0 Å². The van der Waals surface area contributed by atoms with Crippen molar-refractivity contribution in [2.24, 2.45) is 5.41 Å². The fourth-order valence-electron chi connectivity index (χ4n) is 3.63.